The Morgan fingerprint density at radius 2 is 1.62 bits per heavy atom. The molecule has 2 atom stereocenters. The predicted octanol–water partition coefficient (Wildman–Crippen LogP) is -1.01. The average molecular weight is 374 g/mol. The molecule has 2 aliphatic rings. The lowest BCUT2D eigenvalue weighted by molar-refractivity contribution is 0.0936. The molecule has 0 radical (unpaired) electrons. The van der Waals surface area contributed by atoms with E-state index in [1.165, 1.54) is 12.4 Å². The van der Waals surface area contributed by atoms with Gasteiger partial charge in [-0.25, -0.2) is 26.8 Å². The topological polar surface area (TPSA) is 135 Å². The number of amides is 1. The van der Waals surface area contributed by atoms with Crippen LogP contribution in [0.25, 0.3) is 0 Å². The molecule has 2 aliphatic heterocycles. The first kappa shape index (κ1) is 17.1. The quantitative estimate of drug-likeness (QED) is 0.684. The van der Waals surface area contributed by atoms with Crippen molar-refractivity contribution in [2.24, 2.45) is 0 Å². The van der Waals surface area contributed by atoms with E-state index < -0.39 is 31.6 Å². The van der Waals surface area contributed by atoms with Crippen molar-refractivity contribution in [1.82, 2.24) is 15.3 Å². The number of rotatable bonds is 4. The summed E-state index contributed by atoms with van der Waals surface area (Å²) in [7, 11) is -6.09. The van der Waals surface area contributed by atoms with Crippen LogP contribution >= 0.6 is 0 Å². The Balaban J connectivity index is 1.63. The van der Waals surface area contributed by atoms with Crippen molar-refractivity contribution in [2.45, 2.75) is 24.9 Å². The van der Waals surface area contributed by atoms with Crippen LogP contribution in [0.1, 0.15) is 23.3 Å². The Bertz CT molecular complexity index is 853. The third-order valence-corrected chi connectivity index (χ3v) is 7.59. The second kappa shape index (κ2) is 6.28. The summed E-state index contributed by atoms with van der Waals surface area (Å²) >= 11 is 0. The van der Waals surface area contributed by atoms with Crippen molar-refractivity contribution >= 4 is 31.4 Å². The zero-order valence-corrected chi connectivity index (χ0v) is 14.4. The fourth-order valence-corrected chi connectivity index (χ4v) is 6.19. The molecular weight excluding hydrogens is 356 g/mol. The number of nitrogens with one attached hydrogen (secondary N) is 2. The van der Waals surface area contributed by atoms with Crippen molar-refractivity contribution in [3.8, 4) is 0 Å². The van der Waals surface area contributed by atoms with Crippen LogP contribution in [0.3, 0.4) is 0 Å². The van der Waals surface area contributed by atoms with Gasteiger partial charge in [-0.1, -0.05) is 0 Å². The summed E-state index contributed by atoms with van der Waals surface area (Å²) < 4.78 is 45.8. The molecule has 3 heterocycles. The first-order valence-electron chi connectivity index (χ1n) is 7.53. The van der Waals surface area contributed by atoms with E-state index in [2.05, 4.69) is 20.6 Å². The molecule has 24 heavy (non-hydrogen) atoms. The molecule has 2 unspecified atom stereocenters. The molecule has 0 bridgehead atoms. The van der Waals surface area contributed by atoms with E-state index in [1.807, 2.05) is 0 Å². The molecule has 0 aliphatic carbocycles. The van der Waals surface area contributed by atoms with Crippen molar-refractivity contribution in [3.63, 3.8) is 0 Å². The van der Waals surface area contributed by atoms with Gasteiger partial charge in [-0.3, -0.25) is 4.79 Å². The normalized spacial score (nSPS) is 27.7. The number of hydrogen-bond acceptors (Lipinski definition) is 8. The number of aromatic nitrogens is 2. The van der Waals surface area contributed by atoms with E-state index in [-0.39, 0.29) is 34.7 Å². The second-order valence-corrected chi connectivity index (χ2v) is 10.6. The molecule has 1 aromatic rings. The molecule has 132 valence electrons. The highest BCUT2D eigenvalue weighted by molar-refractivity contribution is 7.91. The summed E-state index contributed by atoms with van der Waals surface area (Å²) in [4.78, 5) is 20.1. The van der Waals surface area contributed by atoms with Crippen LogP contribution in [0.2, 0.25) is 0 Å². The Morgan fingerprint density at radius 3 is 2.21 bits per heavy atom. The van der Waals surface area contributed by atoms with Gasteiger partial charge >= 0.3 is 0 Å². The number of nitrogens with zero attached hydrogens (tertiary/aromatic N) is 2. The van der Waals surface area contributed by atoms with Gasteiger partial charge in [0, 0.05) is 18.2 Å². The maximum atomic E-state index is 12.2. The molecule has 2 N–H and O–H groups in total. The van der Waals surface area contributed by atoms with E-state index in [4.69, 9.17) is 0 Å². The zero-order valence-electron chi connectivity index (χ0n) is 12.8. The van der Waals surface area contributed by atoms with Crippen molar-refractivity contribution < 1.29 is 21.6 Å². The maximum Gasteiger partial charge on any atom is 0.270 e. The van der Waals surface area contributed by atoms with Crippen LogP contribution in [0.4, 0.5) is 5.82 Å². The fourth-order valence-electron chi connectivity index (χ4n) is 2.85. The average Bonchev–Trinajstić information content (AvgIpc) is 3.00. The summed E-state index contributed by atoms with van der Waals surface area (Å²) in [5.41, 5.74) is 0.109. The number of carbonyl (C=O) groups excluding carboxylic acids is 1. The Morgan fingerprint density at radius 1 is 1.00 bits per heavy atom. The van der Waals surface area contributed by atoms with Gasteiger partial charge in [-0.05, 0) is 12.8 Å². The molecule has 1 amide bonds. The van der Waals surface area contributed by atoms with Gasteiger partial charge in [0.2, 0.25) is 0 Å². The van der Waals surface area contributed by atoms with Gasteiger partial charge in [-0.2, -0.15) is 0 Å². The molecular formula is C13H18N4O5S2. The van der Waals surface area contributed by atoms with Crippen LogP contribution in [0.5, 0.6) is 0 Å². The minimum absolute atomic E-state index is 0.0401. The monoisotopic (exact) mass is 374 g/mol. The number of carbonyl (C=O) groups is 1. The van der Waals surface area contributed by atoms with Gasteiger partial charge in [0.15, 0.2) is 19.7 Å². The van der Waals surface area contributed by atoms with Crippen LogP contribution < -0.4 is 10.6 Å². The minimum Gasteiger partial charge on any atom is -0.366 e. The standard InChI is InChI=1S/C13H18N4O5S2/c18-13(17-10-2-4-24(21,22)7-10)11-5-12(15-8-14-11)16-9-1-3-23(19,20)6-9/h5,8-10H,1-4,6-7H2,(H,17,18)(H,14,15,16). The lowest BCUT2D eigenvalue weighted by atomic mass is 10.2. The first-order valence-corrected chi connectivity index (χ1v) is 11.2. The SMILES string of the molecule is O=C(NC1CCS(=O)(=O)C1)c1cc(NC2CCS(=O)(=O)C2)ncn1. The summed E-state index contributed by atoms with van der Waals surface area (Å²) in [5.74, 6) is 0.0925. The number of anilines is 1. The van der Waals surface area contributed by atoms with Crippen LogP contribution in [-0.4, -0.2) is 67.8 Å². The van der Waals surface area contributed by atoms with Crippen molar-refractivity contribution in [2.75, 3.05) is 28.3 Å². The van der Waals surface area contributed by atoms with E-state index in [0.717, 1.165) is 0 Å². The number of hydrogen-bond donors (Lipinski definition) is 2. The minimum atomic E-state index is -3.07. The summed E-state index contributed by atoms with van der Waals surface area (Å²) in [6, 6.07) is 0.790. The Labute approximate surface area is 140 Å². The molecule has 2 fully saturated rings. The van der Waals surface area contributed by atoms with Crippen LogP contribution in [-0.2, 0) is 19.7 Å². The highest BCUT2D eigenvalue weighted by Gasteiger charge is 2.30. The van der Waals surface area contributed by atoms with Crippen molar-refractivity contribution in [3.05, 3.63) is 18.1 Å². The molecule has 0 aromatic carbocycles. The van der Waals surface area contributed by atoms with Crippen LogP contribution in [0.15, 0.2) is 12.4 Å². The molecule has 0 saturated carbocycles. The third kappa shape index (κ3) is 4.20. The summed E-state index contributed by atoms with van der Waals surface area (Å²) in [6.45, 7) is 0. The first-order chi connectivity index (χ1) is 11.2. The van der Waals surface area contributed by atoms with Gasteiger partial charge in [0.25, 0.3) is 5.91 Å². The maximum absolute atomic E-state index is 12.2. The highest BCUT2D eigenvalue weighted by atomic mass is 32.2. The van der Waals surface area contributed by atoms with E-state index in [9.17, 15) is 21.6 Å². The summed E-state index contributed by atoms with van der Waals surface area (Å²) in [6.07, 6.45) is 2.10. The molecule has 1 aromatic heterocycles. The van der Waals surface area contributed by atoms with Gasteiger partial charge in [0.1, 0.15) is 17.8 Å². The fraction of sp³-hybridized carbons (Fsp3) is 0.615. The molecule has 2 saturated heterocycles. The van der Waals surface area contributed by atoms with E-state index in [0.29, 0.717) is 18.7 Å². The summed E-state index contributed by atoms with van der Waals surface area (Å²) in [5, 5.41) is 5.64. The zero-order chi connectivity index (χ0) is 17.4. The third-order valence-electron chi connectivity index (χ3n) is 4.05. The smallest absolute Gasteiger partial charge is 0.270 e. The van der Waals surface area contributed by atoms with Gasteiger partial charge < -0.3 is 10.6 Å². The molecule has 0 spiro atoms. The molecule has 9 nitrogen and oxygen atoms in total. The van der Waals surface area contributed by atoms with E-state index >= 15 is 0 Å². The molecule has 11 heteroatoms. The predicted molar refractivity (Wildman–Crippen MR) is 87.2 cm³/mol. The highest BCUT2D eigenvalue weighted by Crippen LogP contribution is 2.17. The van der Waals surface area contributed by atoms with Crippen LogP contribution in [0, 0.1) is 0 Å². The van der Waals surface area contributed by atoms with E-state index in [1.54, 1.807) is 0 Å². The largest absolute Gasteiger partial charge is 0.366 e. The lowest BCUT2D eigenvalue weighted by Crippen LogP contribution is -2.36. The number of sulfone groups is 2. The van der Waals surface area contributed by atoms with Gasteiger partial charge in [0.05, 0.1) is 23.0 Å². The van der Waals surface area contributed by atoms with Crippen molar-refractivity contribution in [1.29, 1.82) is 0 Å². The lowest BCUT2D eigenvalue weighted by Gasteiger charge is -2.13. The Hall–Kier alpha value is -1.75. The Kier molecular flexibility index (Phi) is 4.47. The second-order valence-electron chi connectivity index (χ2n) is 6.11. The molecule has 3 rings (SSSR count). The van der Waals surface area contributed by atoms with Gasteiger partial charge in [-0.15, -0.1) is 0 Å².